The molecule has 0 radical (unpaired) electrons. The van der Waals surface area contributed by atoms with Crippen LogP contribution in [0.2, 0.25) is 0 Å². The molecule has 3 atom stereocenters. The number of carbonyl (C=O) groups excluding carboxylic acids is 2. The van der Waals surface area contributed by atoms with E-state index in [1.54, 1.807) is 12.0 Å². The summed E-state index contributed by atoms with van der Waals surface area (Å²) in [6, 6.07) is 12.9. The number of hydrogen-bond donors (Lipinski definition) is 2. The lowest BCUT2D eigenvalue weighted by molar-refractivity contribution is -0.119. The van der Waals surface area contributed by atoms with E-state index >= 15 is 0 Å². The first-order valence-corrected chi connectivity index (χ1v) is 11.6. The Balaban J connectivity index is 1.47. The monoisotopic (exact) mass is 500 g/mol. The molecule has 1 saturated heterocycles. The molecule has 1 fully saturated rings. The Labute approximate surface area is 197 Å². The molecule has 0 unspecified atom stereocenters. The number of halogens is 1. The number of hydrogen-bond acceptors (Lipinski definition) is 4. The normalized spacial score (nSPS) is 23.0. The average molecular weight is 501 g/mol. The van der Waals surface area contributed by atoms with Gasteiger partial charge in [0, 0.05) is 48.5 Å². The predicted molar refractivity (Wildman–Crippen MR) is 129 cm³/mol. The van der Waals surface area contributed by atoms with Crippen molar-refractivity contribution in [2.75, 3.05) is 37.9 Å². The summed E-state index contributed by atoms with van der Waals surface area (Å²) in [7, 11) is 3.74. The molecule has 2 aliphatic heterocycles. The number of fused-ring (bicyclic) bond motifs is 1. The Bertz CT molecular complexity index is 997. The van der Waals surface area contributed by atoms with E-state index < -0.39 is 6.04 Å². The molecular weight excluding hydrogens is 472 g/mol. The van der Waals surface area contributed by atoms with Crippen molar-refractivity contribution in [3.63, 3.8) is 0 Å². The number of likely N-dealkylation sites (N-methyl/N-ethyl adjacent to an activating group) is 1. The fraction of sp³-hybridized carbons (Fsp3) is 0.417. The SMILES string of the molecule is CO[C@@H]1C[C@H](C(=O)Nc2ccc3c(c2)CCN(C)[C@@H]3C)N(C(=O)Nc2ccc(Br)cc2)C1. The second-order valence-corrected chi connectivity index (χ2v) is 9.42. The number of likely N-dealkylation sites (tertiary alicyclic amines) is 1. The van der Waals surface area contributed by atoms with Gasteiger partial charge in [-0.3, -0.25) is 9.69 Å². The van der Waals surface area contributed by atoms with Crippen LogP contribution in [0.1, 0.15) is 30.5 Å². The molecular formula is C24H29BrN4O3. The summed E-state index contributed by atoms with van der Waals surface area (Å²) in [5, 5.41) is 5.91. The van der Waals surface area contributed by atoms with Crippen molar-refractivity contribution in [2.24, 2.45) is 0 Å². The fourth-order valence-electron chi connectivity index (χ4n) is 4.43. The number of rotatable bonds is 4. The van der Waals surface area contributed by atoms with Gasteiger partial charge in [0.15, 0.2) is 0 Å². The third-order valence-corrected chi connectivity index (χ3v) is 7.04. The maximum Gasteiger partial charge on any atom is 0.322 e. The molecule has 2 aliphatic rings. The molecule has 0 aliphatic carbocycles. The second kappa shape index (κ2) is 9.60. The first-order valence-electron chi connectivity index (χ1n) is 10.9. The standard InChI is InChI=1S/C24H29BrN4O3/c1-15-21-9-8-19(12-16(21)10-11-28(15)2)26-23(30)22-13-20(32-3)14-29(22)24(31)27-18-6-4-17(25)5-7-18/h4-9,12,15,20,22H,10-11,13-14H2,1-3H3,(H,26,30)(H,27,31)/t15-,20-,22-/m1/s1. The molecule has 0 aromatic heterocycles. The number of nitrogens with zero attached hydrogens (tertiary/aromatic N) is 2. The number of urea groups is 1. The molecule has 0 bridgehead atoms. The number of ether oxygens (including phenoxy) is 1. The highest BCUT2D eigenvalue weighted by Crippen LogP contribution is 2.30. The second-order valence-electron chi connectivity index (χ2n) is 8.51. The van der Waals surface area contributed by atoms with Crippen molar-refractivity contribution in [3.8, 4) is 0 Å². The summed E-state index contributed by atoms with van der Waals surface area (Å²) >= 11 is 3.39. The van der Waals surface area contributed by atoms with Crippen LogP contribution in [0.15, 0.2) is 46.9 Å². The molecule has 3 amide bonds. The zero-order chi connectivity index (χ0) is 22.8. The van der Waals surface area contributed by atoms with Crippen LogP contribution in [0.25, 0.3) is 0 Å². The highest BCUT2D eigenvalue weighted by atomic mass is 79.9. The molecule has 170 valence electrons. The summed E-state index contributed by atoms with van der Waals surface area (Å²) in [5.74, 6) is -0.198. The van der Waals surface area contributed by atoms with Gasteiger partial charge in [-0.05, 0) is 67.9 Å². The van der Waals surface area contributed by atoms with Crippen LogP contribution in [0.5, 0.6) is 0 Å². The summed E-state index contributed by atoms with van der Waals surface area (Å²) < 4.78 is 6.40. The number of methoxy groups -OCH3 is 1. The Morgan fingerprint density at radius 3 is 2.53 bits per heavy atom. The predicted octanol–water partition coefficient (Wildman–Crippen LogP) is 4.26. The maximum absolute atomic E-state index is 13.2. The summed E-state index contributed by atoms with van der Waals surface area (Å²) in [6.45, 7) is 3.56. The number of amides is 3. The topological polar surface area (TPSA) is 73.9 Å². The lowest BCUT2D eigenvalue weighted by atomic mass is 9.93. The zero-order valence-electron chi connectivity index (χ0n) is 18.6. The maximum atomic E-state index is 13.2. The minimum absolute atomic E-state index is 0.179. The highest BCUT2D eigenvalue weighted by molar-refractivity contribution is 9.10. The van der Waals surface area contributed by atoms with E-state index in [0.717, 1.165) is 23.1 Å². The third kappa shape index (κ3) is 4.82. The quantitative estimate of drug-likeness (QED) is 0.657. The van der Waals surface area contributed by atoms with Crippen LogP contribution >= 0.6 is 15.9 Å². The summed E-state index contributed by atoms with van der Waals surface area (Å²) in [5.41, 5.74) is 4.00. The van der Waals surface area contributed by atoms with Crippen LogP contribution in [0.3, 0.4) is 0 Å². The van der Waals surface area contributed by atoms with E-state index in [1.165, 1.54) is 11.1 Å². The van der Waals surface area contributed by atoms with Gasteiger partial charge in [0.1, 0.15) is 6.04 Å². The van der Waals surface area contributed by atoms with Crippen LogP contribution in [-0.2, 0) is 16.0 Å². The van der Waals surface area contributed by atoms with Gasteiger partial charge in [0.05, 0.1) is 6.10 Å². The van der Waals surface area contributed by atoms with Gasteiger partial charge in [-0.25, -0.2) is 4.79 Å². The van der Waals surface area contributed by atoms with Gasteiger partial charge in [0.2, 0.25) is 5.91 Å². The van der Waals surface area contributed by atoms with E-state index in [2.05, 4.69) is 57.6 Å². The first-order chi connectivity index (χ1) is 15.4. The number of carbonyl (C=O) groups is 2. The minimum atomic E-state index is -0.600. The van der Waals surface area contributed by atoms with Gasteiger partial charge >= 0.3 is 6.03 Å². The number of anilines is 2. The lowest BCUT2D eigenvalue weighted by Gasteiger charge is -2.32. The van der Waals surface area contributed by atoms with Crippen LogP contribution in [0.4, 0.5) is 16.2 Å². The number of benzene rings is 2. The molecule has 4 rings (SSSR count). The van der Waals surface area contributed by atoms with Gasteiger partial charge in [-0.2, -0.15) is 0 Å². The van der Waals surface area contributed by atoms with Gasteiger partial charge < -0.3 is 20.3 Å². The van der Waals surface area contributed by atoms with Crippen LogP contribution in [0, 0.1) is 0 Å². The third-order valence-electron chi connectivity index (χ3n) is 6.51. The smallest absolute Gasteiger partial charge is 0.322 e. The average Bonchev–Trinajstić information content (AvgIpc) is 3.23. The van der Waals surface area contributed by atoms with Crippen molar-refractivity contribution in [3.05, 3.63) is 58.1 Å². The fourth-order valence-corrected chi connectivity index (χ4v) is 4.70. The lowest BCUT2D eigenvalue weighted by Crippen LogP contribution is -2.45. The first kappa shape index (κ1) is 22.8. The molecule has 2 N–H and O–H groups in total. The molecule has 0 saturated carbocycles. The van der Waals surface area contributed by atoms with E-state index in [1.807, 2.05) is 30.3 Å². The molecule has 32 heavy (non-hydrogen) atoms. The molecule has 2 aromatic rings. The largest absolute Gasteiger partial charge is 0.380 e. The summed E-state index contributed by atoms with van der Waals surface area (Å²) in [6.07, 6.45) is 1.24. The van der Waals surface area contributed by atoms with Crippen molar-refractivity contribution in [2.45, 2.75) is 38.0 Å². The van der Waals surface area contributed by atoms with Crippen molar-refractivity contribution < 1.29 is 14.3 Å². The zero-order valence-corrected chi connectivity index (χ0v) is 20.2. The Morgan fingerprint density at radius 2 is 1.81 bits per heavy atom. The molecule has 8 heteroatoms. The van der Waals surface area contributed by atoms with Gasteiger partial charge in [-0.15, -0.1) is 0 Å². The molecule has 7 nitrogen and oxygen atoms in total. The highest BCUT2D eigenvalue weighted by Gasteiger charge is 2.40. The molecule has 0 spiro atoms. The van der Waals surface area contributed by atoms with Crippen LogP contribution in [-0.4, -0.2) is 61.1 Å². The Morgan fingerprint density at radius 1 is 1.09 bits per heavy atom. The van der Waals surface area contributed by atoms with Crippen molar-refractivity contribution in [1.29, 1.82) is 0 Å². The summed E-state index contributed by atoms with van der Waals surface area (Å²) in [4.78, 5) is 30.0. The van der Waals surface area contributed by atoms with E-state index in [4.69, 9.17) is 4.74 Å². The van der Waals surface area contributed by atoms with Gasteiger partial charge in [-0.1, -0.05) is 22.0 Å². The molecule has 2 aromatic carbocycles. The van der Waals surface area contributed by atoms with Crippen molar-refractivity contribution in [1.82, 2.24) is 9.80 Å². The Hall–Kier alpha value is -2.42. The minimum Gasteiger partial charge on any atom is -0.380 e. The van der Waals surface area contributed by atoms with E-state index in [-0.39, 0.29) is 18.0 Å². The van der Waals surface area contributed by atoms with Crippen molar-refractivity contribution >= 4 is 39.2 Å². The Kier molecular flexibility index (Phi) is 6.83. The van der Waals surface area contributed by atoms with E-state index in [9.17, 15) is 9.59 Å². The van der Waals surface area contributed by atoms with E-state index in [0.29, 0.717) is 24.7 Å². The molecule has 2 heterocycles. The van der Waals surface area contributed by atoms with Gasteiger partial charge in [0.25, 0.3) is 0 Å². The number of nitrogens with one attached hydrogen (secondary N) is 2. The van der Waals surface area contributed by atoms with Crippen LogP contribution < -0.4 is 10.6 Å².